The van der Waals surface area contributed by atoms with Gasteiger partial charge in [-0.2, -0.15) is 0 Å². The summed E-state index contributed by atoms with van der Waals surface area (Å²) in [4.78, 5) is 6.02. The van der Waals surface area contributed by atoms with E-state index in [1.54, 1.807) is 4.90 Å². The molecule has 0 saturated heterocycles. The molecule has 0 spiro atoms. The predicted molar refractivity (Wildman–Crippen MR) is 65.3 cm³/mol. The van der Waals surface area contributed by atoms with Crippen LogP contribution >= 0.6 is 11.6 Å². The van der Waals surface area contributed by atoms with Gasteiger partial charge in [0.25, 0.3) is 0 Å². The second kappa shape index (κ2) is 5.61. The maximum atomic E-state index is 5.87. The fraction of sp³-hybridized carbons (Fsp3) is 0.364. The third-order valence-corrected chi connectivity index (χ3v) is 2.26. The summed E-state index contributed by atoms with van der Waals surface area (Å²) >= 11 is 5.87. The Morgan fingerprint density at radius 3 is 2.80 bits per heavy atom. The summed E-state index contributed by atoms with van der Waals surface area (Å²) in [6, 6.07) is 7.79. The Morgan fingerprint density at radius 1 is 1.47 bits per heavy atom. The number of hydrogen-bond donors (Lipinski definition) is 1. The Bertz CT molecular complexity index is 347. The molecule has 1 aromatic rings. The molecule has 0 heterocycles. The molecule has 0 bridgehead atoms. The molecule has 82 valence electrons. The lowest BCUT2D eigenvalue weighted by molar-refractivity contribution is 0.609. The van der Waals surface area contributed by atoms with E-state index in [0.29, 0.717) is 12.5 Å². The van der Waals surface area contributed by atoms with Gasteiger partial charge in [0, 0.05) is 25.7 Å². The molecule has 0 saturated carbocycles. The van der Waals surface area contributed by atoms with E-state index >= 15 is 0 Å². The van der Waals surface area contributed by atoms with Crippen LogP contribution in [-0.2, 0) is 6.42 Å². The molecule has 0 radical (unpaired) electrons. The highest BCUT2D eigenvalue weighted by molar-refractivity contribution is 6.30. The number of nitrogens with zero attached hydrogens (tertiary/aromatic N) is 2. The van der Waals surface area contributed by atoms with Crippen LogP contribution in [0.25, 0.3) is 0 Å². The Kier molecular flexibility index (Phi) is 4.43. The molecule has 4 heteroatoms. The molecule has 0 aliphatic heterocycles. The van der Waals surface area contributed by atoms with Gasteiger partial charge in [-0.05, 0) is 24.1 Å². The highest BCUT2D eigenvalue weighted by atomic mass is 35.5. The lowest BCUT2D eigenvalue weighted by Crippen LogP contribution is -2.30. The summed E-state index contributed by atoms with van der Waals surface area (Å²) in [6.45, 7) is 0.685. The highest BCUT2D eigenvalue weighted by Crippen LogP contribution is 2.10. The predicted octanol–water partition coefficient (Wildman–Crippen LogP) is 1.76. The summed E-state index contributed by atoms with van der Waals surface area (Å²) in [6.07, 6.45) is 0.856. The highest BCUT2D eigenvalue weighted by Gasteiger charge is 1.95. The van der Waals surface area contributed by atoms with Gasteiger partial charge >= 0.3 is 0 Å². The summed E-state index contributed by atoms with van der Waals surface area (Å²) in [5.74, 6) is 0.553. The van der Waals surface area contributed by atoms with Crippen LogP contribution in [0.5, 0.6) is 0 Å². The Labute approximate surface area is 95.6 Å². The molecule has 0 aliphatic rings. The van der Waals surface area contributed by atoms with Crippen LogP contribution in [0.1, 0.15) is 5.56 Å². The molecule has 1 aromatic carbocycles. The van der Waals surface area contributed by atoms with Crippen molar-refractivity contribution in [2.24, 2.45) is 10.7 Å². The molecular formula is C11H16ClN3. The van der Waals surface area contributed by atoms with E-state index in [1.807, 2.05) is 38.4 Å². The smallest absolute Gasteiger partial charge is 0.190 e. The van der Waals surface area contributed by atoms with Crippen molar-refractivity contribution < 1.29 is 0 Å². The zero-order valence-corrected chi connectivity index (χ0v) is 9.83. The average molecular weight is 226 g/mol. The lowest BCUT2D eigenvalue weighted by atomic mass is 10.1. The van der Waals surface area contributed by atoms with Gasteiger partial charge in [-0.1, -0.05) is 23.7 Å². The van der Waals surface area contributed by atoms with E-state index in [0.717, 1.165) is 11.4 Å². The Balaban J connectivity index is 2.48. The first kappa shape index (κ1) is 11.9. The third kappa shape index (κ3) is 4.21. The fourth-order valence-electron chi connectivity index (χ4n) is 1.13. The van der Waals surface area contributed by atoms with Crippen molar-refractivity contribution in [2.45, 2.75) is 6.42 Å². The normalized spacial score (nSPS) is 11.5. The second-order valence-corrected chi connectivity index (χ2v) is 3.95. The number of aliphatic imine (C=N–C) groups is 1. The first-order valence-electron chi connectivity index (χ1n) is 4.81. The van der Waals surface area contributed by atoms with Gasteiger partial charge in [0.1, 0.15) is 0 Å². The van der Waals surface area contributed by atoms with Crippen molar-refractivity contribution in [3.63, 3.8) is 0 Å². The quantitative estimate of drug-likeness (QED) is 0.629. The van der Waals surface area contributed by atoms with E-state index in [2.05, 4.69) is 4.99 Å². The maximum absolute atomic E-state index is 5.87. The zero-order chi connectivity index (χ0) is 11.3. The topological polar surface area (TPSA) is 41.6 Å². The number of hydrogen-bond acceptors (Lipinski definition) is 1. The summed E-state index contributed by atoms with van der Waals surface area (Å²) in [7, 11) is 3.75. The number of halogens is 1. The standard InChI is InChI=1S/C11H16ClN3/c1-15(2)11(13)14-7-6-9-4-3-5-10(12)8-9/h3-5,8H,6-7H2,1-2H3,(H2,13,14). The molecule has 2 N–H and O–H groups in total. The van der Waals surface area contributed by atoms with Crippen LogP contribution in [-0.4, -0.2) is 31.5 Å². The van der Waals surface area contributed by atoms with Crippen LogP contribution in [0.4, 0.5) is 0 Å². The van der Waals surface area contributed by atoms with E-state index in [1.165, 1.54) is 5.56 Å². The van der Waals surface area contributed by atoms with Crippen molar-refractivity contribution in [1.82, 2.24) is 4.90 Å². The van der Waals surface area contributed by atoms with Crippen molar-refractivity contribution >= 4 is 17.6 Å². The molecule has 0 unspecified atom stereocenters. The second-order valence-electron chi connectivity index (χ2n) is 3.51. The summed E-state index contributed by atoms with van der Waals surface area (Å²) in [5, 5.41) is 0.761. The van der Waals surface area contributed by atoms with Crippen molar-refractivity contribution in [1.29, 1.82) is 0 Å². The van der Waals surface area contributed by atoms with Crippen LogP contribution in [0.2, 0.25) is 5.02 Å². The Morgan fingerprint density at radius 2 is 2.20 bits per heavy atom. The van der Waals surface area contributed by atoms with Gasteiger partial charge in [-0.3, -0.25) is 4.99 Å². The van der Waals surface area contributed by atoms with Gasteiger partial charge in [0.15, 0.2) is 5.96 Å². The molecule has 1 rings (SSSR count). The lowest BCUT2D eigenvalue weighted by Gasteiger charge is -2.10. The molecule has 15 heavy (non-hydrogen) atoms. The molecular weight excluding hydrogens is 210 g/mol. The van der Waals surface area contributed by atoms with E-state index < -0.39 is 0 Å². The number of nitrogens with two attached hydrogens (primary N) is 1. The van der Waals surface area contributed by atoms with Crippen LogP contribution in [0.15, 0.2) is 29.3 Å². The van der Waals surface area contributed by atoms with Gasteiger partial charge in [-0.25, -0.2) is 0 Å². The SMILES string of the molecule is CN(C)C(N)=NCCc1cccc(Cl)c1. The monoisotopic (exact) mass is 225 g/mol. The van der Waals surface area contributed by atoms with Crippen molar-refractivity contribution in [3.05, 3.63) is 34.9 Å². The first-order chi connectivity index (χ1) is 7.09. The van der Waals surface area contributed by atoms with Crippen molar-refractivity contribution in [3.8, 4) is 0 Å². The van der Waals surface area contributed by atoms with E-state index in [4.69, 9.17) is 17.3 Å². The zero-order valence-electron chi connectivity index (χ0n) is 9.07. The van der Waals surface area contributed by atoms with E-state index in [-0.39, 0.29) is 0 Å². The first-order valence-corrected chi connectivity index (χ1v) is 5.19. The molecule has 0 fully saturated rings. The van der Waals surface area contributed by atoms with Gasteiger partial charge in [-0.15, -0.1) is 0 Å². The molecule has 0 amide bonds. The van der Waals surface area contributed by atoms with Crippen LogP contribution in [0, 0.1) is 0 Å². The van der Waals surface area contributed by atoms with Gasteiger partial charge < -0.3 is 10.6 Å². The molecule has 0 aliphatic carbocycles. The summed E-state index contributed by atoms with van der Waals surface area (Å²) < 4.78 is 0. The van der Waals surface area contributed by atoms with Gasteiger partial charge in [0.2, 0.25) is 0 Å². The molecule has 0 atom stereocenters. The van der Waals surface area contributed by atoms with E-state index in [9.17, 15) is 0 Å². The number of guanidine groups is 1. The third-order valence-electron chi connectivity index (χ3n) is 2.02. The number of benzene rings is 1. The van der Waals surface area contributed by atoms with Gasteiger partial charge in [0.05, 0.1) is 0 Å². The minimum Gasteiger partial charge on any atom is -0.370 e. The van der Waals surface area contributed by atoms with Crippen LogP contribution in [0.3, 0.4) is 0 Å². The minimum atomic E-state index is 0.553. The summed E-state index contributed by atoms with van der Waals surface area (Å²) in [5.41, 5.74) is 6.84. The number of rotatable bonds is 3. The van der Waals surface area contributed by atoms with Crippen LogP contribution < -0.4 is 5.73 Å². The molecule has 0 aromatic heterocycles. The maximum Gasteiger partial charge on any atom is 0.190 e. The van der Waals surface area contributed by atoms with Crippen molar-refractivity contribution in [2.75, 3.05) is 20.6 Å². The fourth-order valence-corrected chi connectivity index (χ4v) is 1.35. The largest absolute Gasteiger partial charge is 0.370 e. The minimum absolute atomic E-state index is 0.553. The Hall–Kier alpha value is -1.22. The molecule has 3 nitrogen and oxygen atoms in total. The average Bonchev–Trinajstić information content (AvgIpc) is 2.17.